The number of carbonyl (C=O) groups excluding carboxylic acids is 1. The smallest absolute Gasteiger partial charge is 0.364 e. The monoisotopic (exact) mass is 326 g/mol. The molecule has 0 saturated heterocycles. The average Bonchev–Trinajstić information content (AvgIpc) is 3.18. The minimum Gasteiger partial charge on any atom is -0.364 e. The van der Waals surface area contributed by atoms with Gasteiger partial charge in [-0.3, -0.25) is 0 Å². The van der Waals surface area contributed by atoms with E-state index in [0.717, 1.165) is 23.5 Å². The number of rotatable bonds is 5. The van der Waals surface area contributed by atoms with Crippen molar-refractivity contribution in [2.45, 2.75) is 13.8 Å². The number of hydrogen-bond acceptors (Lipinski definition) is 5. The maximum Gasteiger partial charge on any atom is 0.368 e. The van der Waals surface area contributed by atoms with Crippen molar-refractivity contribution in [3.05, 3.63) is 58.5 Å². The van der Waals surface area contributed by atoms with Gasteiger partial charge >= 0.3 is 5.97 Å². The van der Waals surface area contributed by atoms with Crippen LogP contribution in [0.4, 0.5) is 5.00 Å². The van der Waals surface area contributed by atoms with Crippen LogP contribution in [-0.4, -0.2) is 24.8 Å². The summed E-state index contributed by atoms with van der Waals surface area (Å²) in [5.41, 5.74) is 1.97. The van der Waals surface area contributed by atoms with Crippen LogP contribution >= 0.6 is 11.3 Å². The van der Waals surface area contributed by atoms with Crippen LogP contribution in [-0.2, 0) is 9.63 Å². The van der Waals surface area contributed by atoms with E-state index in [1.54, 1.807) is 11.3 Å². The second kappa shape index (κ2) is 6.79. The highest BCUT2D eigenvalue weighted by Crippen LogP contribution is 2.29. The van der Waals surface area contributed by atoms with Crippen molar-refractivity contribution in [3.8, 4) is 0 Å². The van der Waals surface area contributed by atoms with E-state index in [4.69, 9.17) is 4.84 Å². The van der Waals surface area contributed by atoms with Crippen LogP contribution in [0.25, 0.3) is 6.08 Å². The number of carbonyl (C=O) groups is 1. The molecule has 0 saturated carbocycles. The molecule has 0 bridgehead atoms. The van der Waals surface area contributed by atoms with Crippen LogP contribution in [0.2, 0.25) is 0 Å². The van der Waals surface area contributed by atoms with E-state index in [-0.39, 0.29) is 0 Å². The van der Waals surface area contributed by atoms with E-state index in [1.807, 2.05) is 42.5 Å². The molecule has 1 aliphatic rings. The largest absolute Gasteiger partial charge is 0.368 e. The highest BCUT2D eigenvalue weighted by atomic mass is 32.1. The van der Waals surface area contributed by atoms with Crippen LogP contribution in [0.15, 0.2) is 53.2 Å². The Balaban J connectivity index is 1.91. The third-order valence-electron chi connectivity index (χ3n) is 3.72. The van der Waals surface area contributed by atoms with Crippen molar-refractivity contribution in [1.82, 2.24) is 0 Å². The maximum absolute atomic E-state index is 12.0. The predicted molar refractivity (Wildman–Crippen MR) is 94.9 cm³/mol. The van der Waals surface area contributed by atoms with Crippen molar-refractivity contribution in [3.63, 3.8) is 0 Å². The summed E-state index contributed by atoms with van der Waals surface area (Å²) in [4.78, 5) is 20.2. The summed E-state index contributed by atoms with van der Waals surface area (Å²) in [6.45, 7) is 6.20. The lowest BCUT2D eigenvalue weighted by Gasteiger charge is -2.17. The van der Waals surface area contributed by atoms with E-state index >= 15 is 0 Å². The molecule has 118 valence electrons. The Bertz CT molecular complexity index is 758. The van der Waals surface area contributed by atoms with E-state index < -0.39 is 5.97 Å². The quantitative estimate of drug-likeness (QED) is 0.617. The van der Waals surface area contributed by atoms with Gasteiger partial charge in [0.25, 0.3) is 0 Å². The molecule has 2 heterocycles. The van der Waals surface area contributed by atoms with Gasteiger partial charge in [0.05, 0.1) is 10.6 Å². The van der Waals surface area contributed by atoms with E-state index in [2.05, 4.69) is 30.0 Å². The SMILES string of the molecule is CCN(CC)c1ccc(C=C2C(=O)ON=C2c2ccccc2)s1. The molecule has 0 N–H and O–H groups in total. The van der Waals surface area contributed by atoms with Crippen molar-refractivity contribution in [2.75, 3.05) is 18.0 Å². The van der Waals surface area contributed by atoms with E-state index in [9.17, 15) is 4.79 Å². The molecule has 2 aromatic rings. The van der Waals surface area contributed by atoms with Gasteiger partial charge in [-0.1, -0.05) is 35.5 Å². The molecule has 1 aliphatic heterocycles. The molecule has 23 heavy (non-hydrogen) atoms. The Labute approximate surface area is 139 Å². The van der Waals surface area contributed by atoms with Crippen LogP contribution in [0, 0.1) is 0 Å². The summed E-state index contributed by atoms with van der Waals surface area (Å²) in [5, 5.41) is 5.13. The van der Waals surface area contributed by atoms with E-state index in [0.29, 0.717) is 11.3 Å². The van der Waals surface area contributed by atoms with Gasteiger partial charge < -0.3 is 9.74 Å². The molecule has 0 spiro atoms. The zero-order chi connectivity index (χ0) is 16.2. The summed E-state index contributed by atoms with van der Waals surface area (Å²) in [7, 11) is 0. The van der Waals surface area contributed by atoms with Crippen LogP contribution < -0.4 is 4.90 Å². The molecular weight excluding hydrogens is 308 g/mol. The molecule has 1 aromatic carbocycles. The normalized spacial score (nSPS) is 15.7. The third kappa shape index (κ3) is 3.19. The molecule has 5 heteroatoms. The Kier molecular flexibility index (Phi) is 4.57. The fourth-order valence-electron chi connectivity index (χ4n) is 2.48. The molecule has 0 radical (unpaired) electrons. The van der Waals surface area contributed by atoms with Crippen LogP contribution in [0.1, 0.15) is 24.3 Å². The van der Waals surface area contributed by atoms with Gasteiger partial charge in [-0.2, -0.15) is 0 Å². The summed E-state index contributed by atoms with van der Waals surface area (Å²) < 4.78 is 0. The van der Waals surface area contributed by atoms with Gasteiger partial charge in [0.1, 0.15) is 5.71 Å². The number of oxime groups is 1. The summed E-state index contributed by atoms with van der Waals surface area (Å²) in [5.74, 6) is -0.401. The first-order valence-electron chi connectivity index (χ1n) is 7.64. The second-order valence-electron chi connectivity index (χ2n) is 5.09. The number of hydrogen-bond donors (Lipinski definition) is 0. The summed E-state index contributed by atoms with van der Waals surface area (Å²) >= 11 is 1.66. The molecule has 3 rings (SSSR count). The minimum absolute atomic E-state index is 0.401. The average molecular weight is 326 g/mol. The third-order valence-corrected chi connectivity index (χ3v) is 4.81. The first-order chi connectivity index (χ1) is 11.2. The highest BCUT2D eigenvalue weighted by molar-refractivity contribution is 7.17. The molecule has 4 nitrogen and oxygen atoms in total. The fraction of sp³-hybridized carbons (Fsp3) is 0.222. The second-order valence-corrected chi connectivity index (χ2v) is 6.18. The van der Waals surface area contributed by atoms with Gasteiger partial charge in [0.2, 0.25) is 0 Å². The number of thiophene rings is 1. The lowest BCUT2D eigenvalue weighted by molar-refractivity contribution is -0.136. The van der Waals surface area contributed by atoms with E-state index in [1.165, 1.54) is 5.00 Å². The van der Waals surface area contributed by atoms with Crippen LogP contribution in [0.5, 0.6) is 0 Å². The fourth-order valence-corrected chi connectivity index (χ4v) is 3.56. The van der Waals surface area contributed by atoms with Crippen molar-refractivity contribution < 1.29 is 9.63 Å². The zero-order valence-electron chi connectivity index (χ0n) is 13.2. The number of nitrogens with zero attached hydrogens (tertiary/aromatic N) is 2. The lowest BCUT2D eigenvalue weighted by atomic mass is 10.0. The molecule has 0 unspecified atom stereocenters. The molecule has 0 atom stereocenters. The Morgan fingerprint density at radius 2 is 1.87 bits per heavy atom. The van der Waals surface area contributed by atoms with Gasteiger partial charge in [0, 0.05) is 23.5 Å². The Hall–Kier alpha value is -2.40. The van der Waals surface area contributed by atoms with Crippen molar-refractivity contribution >= 4 is 34.1 Å². The maximum atomic E-state index is 12.0. The first-order valence-corrected chi connectivity index (χ1v) is 8.46. The zero-order valence-corrected chi connectivity index (χ0v) is 14.0. The highest BCUT2D eigenvalue weighted by Gasteiger charge is 2.26. The number of benzene rings is 1. The lowest BCUT2D eigenvalue weighted by Crippen LogP contribution is -2.20. The molecule has 0 fully saturated rings. The number of anilines is 1. The van der Waals surface area contributed by atoms with Crippen LogP contribution in [0.3, 0.4) is 0 Å². The topological polar surface area (TPSA) is 41.9 Å². The van der Waals surface area contributed by atoms with Gasteiger partial charge in [0.15, 0.2) is 0 Å². The summed E-state index contributed by atoms with van der Waals surface area (Å²) in [6, 6.07) is 13.7. The summed E-state index contributed by atoms with van der Waals surface area (Å²) in [6.07, 6.45) is 1.86. The van der Waals surface area contributed by atoms with Gasteiger partial charge in [-0.25, -0.2) is 4.79 Å². The molecule has 0 amide bonds. The van der Waals surface area contributed by atoms with Gasteiger partial charge in [-0.15, -0.1) is 11.3 Å². The standard InChI is InChI=1S/C18H18N2O2S/c1-3-20(4-2)16-11-10-14(23-16)12-15-17(19-22-18(15)21)13-8-6-5-7-9-13/h5-12H,3-4H2,1-2H3. The predicted octanol–water partition coefficient (Wildman–Crippen LogP) is 3.94. The van der Waals surface area contributed by atoms with Crippen molar-refractivity contribution in [1.29, 1.82) is 0 Å². The Morgan fingerprint density at radius 3 is 2.57 bits per heavy atom. The van der Waals surface area contributed by atoms with Gasteiger partial charge in [-0.05, 0) is 32.1 Å². The first kappa shape index (κ1) is 15.5. The molecular formula is C18H18N2O2S. The molecule has 0 aliphatic carbocycles. The Morgan fingerprint density at radius 1 is 1.13 bits per heavy atom. The van der Waals surface area contributed by atoms with Crippen molar-refractivity contribution in [2.24, 2.45) is 5.16 Å². The molecule has 1 aromatic heterocycles. The minimum atomic E-state index is -0.401.